The van der Waals surface area contributed by atoms with Crippen LogP contribution < -0.4 is 5.32 Å². The zero-order valence-electron chi connectivity index (χ0n) is 7.61. The molecule has 0 heterocycles. The van der Waals surface area contributed by atoms with E-state index in [4.69, 9.17) is 11.6 Å². The molecule has 72 valence electrons. The fraction of sp³-hybridized carbons (Fsp3) is 0.400. The predicted molar refractivity (Wildman–Crippen MR) is 62.7 cm³/mol. The molecule has 0 saturated carbocycles. The van der Waals surface area contributed by atoms with Crippen LogP contribution in [0, 0.1) is 6.92 Å². The van der Waals surface area contributed by atoms with Crippen molar-refractivity contribution in [3.8, 4) is 0 Å². The second-order valence-electron chi connectivity index (χ2n) is 2.93. The van der Waals surface area contributed by atoms with E-state index in [2.05, 4.69) is 40.3 Å². The number of alkyl halides is 1. The minimum absolute atomic E-state index is 0.708. The Morgan fingerprint density at radius 2 is 2.23 bits per heavy atom. The van der Waals surface area contributed by atoms with E-state index in [1.54, 1.807) is 0 Å². The van der Waals surface area contributed by atoms with Crippen LogP contribution in [0.5, 0.6) is 0 Å². The minimum Gasteiger partial charge on any atom is -0.385 e. The summed E-state index contributed by atoms with van der Waals surface area (Å²) in [7, 11) is 0. The first-order valence-electron chi connectivity index (χ1n) is 4.30. The Morgan fingerprint density at radius 1 is 1.46 bits per heavy atom. The van der Waals surface area contributed by atoms with E-state index in [1.807, 2.05) is 6.07 Å². The molecule has 0 aromatic heterocycles. The van der Waals surface area contributed by atoms with Crippen molar-refractivity contribution in [3.63, 3.8) is 0 Å². The van der Waals surface area contributed by atoms with Crippen molar-refractivity contribution in [1.82, 2.24) is 0 Å². The molecule has 1 nitrogen and oxygen atoms in total. The summed E-state index contributed by atoms with van der Waals surface area (Å²) in [6.45, 7) is 3.02. The molecule has 0 amide bonds. The van der Waals surface area contributed by atoms with Crippen molar-refractivity contribution in [3.05, 3.63) is 28.2 Å². The number of hydrogen-bond donors (Lipinski definition) is 1. The van der Waals surface area contributed by atoms with Crippen molar-refractivity contribution < 1.29 is 0 Å². The third-order valence-electron chi connectivity index (χ3n) is 1.83. The SMILES string of the molecule is Cc1ccc(Br)cc1NCCCCl. The van der Waals surface area contributed by atoms with Gasteiger partial charge in [-0.25, -0.2) is 0 Å². The number of aryl methyl sites for hydroxylation is 1. The topological polar surface area (TPSA) is 12.0 Å². The van der Waals surface area contributed by atoms with Crippen LogP contribution in [0.4, 0.5) is 5.69 Å². The number of anilines is 1. The molecule has 0 fully saturated rings. The average Bonchev–Trinajstić information content (AvgIpc) is 2.11. The quantitative estimate of drug-likeness (QED) is 0.643. The molecule has 0 aliphatic heterocycles. The highest BCUT2D eigenvalue weighted by molar-refractivity contribution is 9.10. The Labute approximate surface area is 92.6 Å². The standard InChI is InChI=1S/C10H13BrClN/c1-8-3-4-9(11)7-10(8)13-6-2-5-12/h3-4,7,13H,2,5-6H2,1H3. The maximum atomic E-state index is 5.59. The molecule has 0 radical (unpaired) electrons. The maximum Gasteiger partial charge on any atom is 0.0381 e. The van der Waals surface area contributed by atoms with Gasteiger partial charge in [-0.2, -0.15) is 0 Å². The minimum atomic E-state index is 0.708. The first-order chi connectivity index (χ1) is 6.24. The van der Waals surface area contributed by atoms with Crippen molar-refractivity contribution in [2.45, 2.75) is 13.3 Å². The molecule has 0 unspecified atom stereocenters. The third-order valence-corrected chi connectivity index (χ3v) is 2.59. The highest BCUT2D eigenvalue weighted by atomic mass is 79.9. The van der Waals surface area contributed by atoms with Gasteiger partial charge in [0.2, 0.25) is 0 Å². The number of halogens is 2. The smallest absolute Gasteiger partial charge is 0.0381 e. The molecule has 0 spiro atoms. The molecule has 13 heavy (non-hydrogen) atoms. The second kappa shape index (κ2) is 5.51. The lowest BCUT2D eigenvalue weighted by Gasteiger charge is -2.08. The van der Waals surface area contributed by atoms with Gasteiger partial charge in [-0.15, -0.1) is 11.6 Å². The van der Waals surface area contributed by atoms with Crippen LogP contribution in [-0.4, -0.2) is 12.4 Å². The summed E-state index contributed by atoms with van der Waals surface area (Å²) in [6.07, 6.45) is 0.994. The number of rotatable bonds is 4. The molecule has 1 N–H and O–H groups in total. The summed E-state index contributed by atoms with van der Waals surface area (Å²) in [6, 6.07) is 6.22. The van der Waals surface area contributed by atoms with E-state index in [1.165, 1.54) is 11.3 Å². The molecule has 0 aliphatic rings. The summed E-state index contributed by atoms with van der Waals surface area (Å²) >= 11 is 9.03. The van der Waals surface area contributed by atoms with Gasteiger partial charge < -0.3 is 5.32 Å². The Bertz CT molecular complexity index is 276. The van der Waals surface area contributed by atoms with Crippen LogP contribution in [0.25, 0.3) is 0 Å². The van der Waals surface area contributed by atoms with Gasteiger partial charge in [-0.3, -0.25) is 0 Å². The third kappa shape index (κ3) is 3.57. The van der Waals surface area contributed by atoms with Gasteiger partial charge >= 0.3 is 0 Å². The Balaban J connectivity index is 2.59. The molecule has 1 aromatic rings. The maximum absolute atomic E-state index is 5.59. The van der Waals surface area contributed by atoms with Gasteiger partial charge in [-0.05, 0) is 31.0 Å². The molecule has 1 rings (SSSR count). The second-order valence-corrected chi connectivity index (χ2v) is 4.22. The number of nitrogens with one attached hydrogen (secondary N) is 1. The molecular formula is C10H13BrClN. The van der Waals surface area contributed by atoms with Gasteiger partial charge in [-0.1, -0.05) is 22.0 Å². The van der Waals surface area contributed by atoms with E-state index in [0.29, 0.717) is 5.88 Å². The molecule has 1 aromatic carbocycles. The predicted octanol–water partition coefficient (Wildman–Crippen LogP) is 3.80. The highest BCUT2D eigenvalue weighted by Crippen LogP contribution is 2.20. The summed E-state index contributed by atoms with van der Waals surface area (Å²) in [5, 5.41) is 3.34. The molecule has 0 saturated heterocycles. The lowest BCUT2D eigenvalue weighted by molar-refractivity contribution is 0.984. The van der Waals surface area contributed by atoms with E-state index in [0.717, 1.165) is 17.4 Å². The Morgan fingerprint density at radius 3 is 2.92 bits per heavy atom. The van der Waals surface area contributed by atoms with Gasteiger partial charge in [0.15, 0.2) is 0 Å². The van der Waals surface area contributed by atoms with Crippen LogP contribution in [0.2, 0.25) is 0 Å². The fourth-order valence-corrected chi connectivity index (χ4v) is 1.57. The summed E-state index contributed by atoms with van der Waals surface area (Å²) in [4.78, 5) is 0. The Kier molecular flexibility index (Phi) is 4.60. The van der Waals surface area contributed by atoms with E-state index >= 15 is 0 Å². The number of benzene rings is 1. The summed E-state index contributed by atoms with van der Waals surface area (Å²) in [5.41, 5.74) is 2.44. The normalized spacial score (nSPS) is 10.1. The molecule has 3 heteroatoms. The van der Waals surface area contributed by atoms with E-state index in [-0.39, 0.29) is 0 Å². The van der Waals surface area contributed by atoms with Crippen LogP contribution >= 0.6 is 27.5 Å². The van der Waals surface area contributed by atoms with Gasteiger partial charge in [0.25, 0.3) is 0 Å². The first kappa shape index (κ1) is 10.9. The molecule has 0 bridgehead atoms. The van der Waals surface area contributed by atoms with Crippen LogP contribution in [0.3, 0.4) is 0 Å². The zero-order valence-corrected chi connectivity index (χ0v) is 9.95. The van der Waals surface area contributed by atoms with Gasteiger partial charge in [0.05, 0.1) is 0 Å². The summed E-state index contributed by atoms with van der Waals surface area (Å²) < 4.78 is 1.10. The van der Waals surface area contributed by atoms with Gasteiger partial charge in [0, 0.05) is 22.6 Å². The summed E-state index contributed by atoms with van der Waals surface area (Å²) in [5.74, 6) is 0.708. The van der Waals surface area contributed by atoms with Crippen LogP contribution in [0.1, 0.15) is 12.0 Å². The Hall–Kier alpha value is -0.210. The van der Waals surface area contributed by atoms with E-state index < -0.39 is 0 Å². The first-order valence-corrected chi connectivity index (χ1v) is 5.63. The van der Waals surface area contributed by atoms with Crippen molar-refractivity contribution in [2.24, 2.45) is 0 Å². The lowest BCUT2D eigenvalue weighted by atomic mass is 10.2. The largest absolute Gasteiger partial charge is 0.385 e. The van der Waals surface area contributed by atoms with Crippen molar-refractivity contribution in [2.75, 3.05) is 17.7 Å². The fourth-order valence-electron chi connectivity index (χ4n) is 1.07. The number of hydrogen-bond acceptors (Lipinski definition) is 1. The van der Waals surface area contributed by atoms with Gasteiger partial charge in [0.1, 0.15) is 0 Å². The zero-order chi connectivity index (χ0) is 9.68. The highest BCUT2D eigenvalue weighted by Gasteiger charge is 1.97. The van der Waals surface area contributed by atoms with Crippen LogP contribution in [0.15, 0.2) is 22.7 Å². The average molecular weight is 263 g/mol. The molecular weight excluding hydrogens is 249 g/mol. The van der Waals surface area contributed by atoms with E-state index in [9.17, 15) is 0 Å². The molecule has 0 aliphatic carbocycles. The van der Waals surface area contributed by atoms with Crippen molar-refractivity contribution >= 4 is 33.2 Å². The van der Waals surface area contributed by atoms with Crippen LogP contribution in [-0.2, 0) is 0 Å². The van der Waals surface area contributed by atoms with Crippen molar-refractivity contribution in [1.29, 1.82) is 0 Å². The molecule has 0 atom stereocenters. The lowest BCUT2D eigenvalue weighted by Crippen LogP contribution is -2.03. The monoisotopic (exact) mass is 261 g/mol.